The van der Waals surface area contributed by atoms with Crippen molar-refractivity contribution in [2.24, 2.45) is 0 Å². The molecule has 2 rings (SSSR count). The fourth-order valence-electron chi connectivity index (χ4n) is 13.3. The van der Waals surface area contributed by atoms with Gasteiger partial charge in [0.15, 0.2) is 12.6 Å². The van der Waals surface area contributed by atoms with Crippen molar-refractivity contribution in [1.29, 1.82) is 0 Å². The maximum absolute atomic E-state index is 13.4. The average molecular weight is 1350 g/mol. The topological polar surface area (TPSA) is 228 Å². The van der Waals surface area contributed by atoms with Crippen molar-refractivity contribution in [1.82, 2.24) is 5.32 Å². The largest absolute Gasteiger partial charge is 0.394 e. The highest BCUT2D eigenvalue weighted by Crippen LogP contribution is 2.30. The molecule has 0 aromatic carbocycles. The molecule has 0 aromatic heterocycles. The van der Waals surface area contributed by atoms with Gasteiger partial charge in [0, 0.05) is 6.42 Å². The van der Waals surface area contributed by atoms with Crippen LogP contribution in [0.5, 0.6) is 0 Å². The SMILES string of the molecule is CCCCCCC/C=C\C/C=C\CCCCCCCCCCCCCCCCCCCCCCCCCCCCCC(=O)NC(COC1OC(CO)C(OC2OC(CO)C(O)C(O)C2O)C(O)C1O)C(O)/C=C/CC/C=C/CCCCCCCCCCCCCCCCCC. The van der Waals surface area contributed by atoms with E-state index in [-0.39, 0.29) is 18.9 Å². The molecule has 95 heavy (non-hydrogen) atoms. The van der Waals surface area contributed by atoms with E-state index in [9.17, 15) is 45.6 Å². The van der Waals surface area contributed by atoms with Crippen molar-refractivity contribution in [3.05, 3.63) is 48.6 Å². The minimum Gasteiger partial charge on any atom is -0.394 e. The van der Waals surface area contributed by atoms with Gasteiger partial charge in [0.2, 0.25) is 5.91 Å². The third-order valence-corrected chi connectivity index (χ3v) is 19.7. The summed E-state index contributed by atoms with van der Waals surface area (Å²) in [5, 5.41) is 87.6. The van der Waals surface area contributed by atoms with E-state index in [0.717, 1.165) is 38.5 Å². The molecule has 2 aliphatic heterocycles. The summed E-state index contributed by atoms with van der Waals surface area (Å²) in [5.74, 6) is -0.242. The van der Waals surface area contributed by atoms with Crippen molar-refractivity contribution in [3.63, 3.8) is 0 Å². The zero-order valence-electron chi connectivity index (χ0n) is 61.2. The predicted molar refractivity (Wildman–Crippen MR) is 392 cm³/mol. The van der Waals surface area contributed by atoms with Crippen LogP contribution < -0.4 is 5.32 Å². The highest BCUT2D eigenvalue weighted by molar-refractivity contribution is 5.76. The van der Waals surface area contributed by atoms with Gasteiger partial charge in [-0.3, -0.25) is 4.79 Å². The van der Waals surface area contributed by atoms with Crippen LogP contribution in [0.2, 0.25) is 0 Å². The van der Waals surface area contributed by atoms with Crippen molar-refractivity contribution in [2.75, 3.05) is 19.8 Å². The van der Waals surface area contributed by atoms with Gasteiger partial charge in [0.05, 0.1) is 32.0 Å². The number of allylic oxidation sites excluding steroid dienone is 7. The van der Waals surface area contributed by atoms with Crippen LogP contribution in [0.15, 0.2) is 48.6 Å². The van der Waals surface area contributed by atoms with Gasteiger partial charge in [-0.1, -0.05) is 345 Å². The summed E-state index contributed by atoms with van der Waals surface area (Å²) in [4.78, 5) is 13.4. The van der Waals surface area contributed by atoms with Gasteiger partial charge >= 0.3 is 0 Å². The van der Waals surface area contributed by atoms with E-state index >= 15 is 0 Å². The summed E-state index contributed by atoms with van der Waals surface area (Å²) < 4.78 is 22.9. The molecular formula is C81H151NO13. The molecular weight excluding hydrogens is 1190 g/mol. The first kappa shape index (κ1) is 89.0. The second-order valence-electron chi connectivity index (χ2n) is 28.5. The Hall–Kier alpha value is -2.05. The molecule has 12 atom stereocenters. The number of amides is 1. The molecule has 2 saturated heterocycles. The van der Waals surface area contributed by atoms with Crippen LogP contribution in [0.1, 0.15) is 367 Å². The quantitative estimate of drug-likeness (QED) is 0.0204. The van der Waals surface area contributed by atoms with Gasteiger partial charge in [-0.25, -0.2) is 0 Å². The van der Waals surface area contributed by atoms with Crippen LogP contribution in [-0.2, 0) is 23.7 Å². The van der Waals surface area contributed by atoms with E-state index in [1.807, 2.05) is 6.08 Å². The lowest BCUT2D eigenvalue weighted by Gasteiger charge is -2.46. The fourth-order valence-corrected chi connectivity index (χ4v) is 13.3. The first-order chi connectivity index (χ1) is 46.6. The Bertz CT molecular complexity index is 1780. The van der Waals surface area contributed by atoms with E-state index in [0.29, 0.717) is 12.8 Å². The second kappa shape index (κ2) is 65.3. The minimum atomic E-state index is -1.79. The van der Waals surface area contributed by atoms with Gasteiger partial charge in [0.25, 0.3) is 0 Å². The molecule has 0 bridgehead atoms. The zero-order chi connectivity index (χ0) is 68.7. The smallest absolute Gasteiger partial charge is 0.220 e. The van der Waals surface area contributed by atoms with Crippen LogP contribution >= 0.6 is 0 Å². The second-order valence-corrected chi connectivity index (χ2v) is 28.5. The van der Waals surface area contributed by atoms with Gasteiger partial charge in [-0.15, -0.1) is 0 Å². The Labute approximate surface area is 582 Å². The molecule has 1 amide bonds. The lowest BCUT2D eigenvalue weighted by molar-refractivity contribution is -0.359. The first-order valence-electron chi connectivity index (χ1n) is 40.4. The lowest BCUT2D eigenvalue weighted by Crippen LogP contribution is -2.65. The van der Waals surface area contributed by atoms with E-state index in [1.165, 1.54) is 295 Å². The van der Waals surface area contributed by atoms with Crippen molar-refractivity contribution in [3.8, 4) is 0 Å². The number of nitrogens with one attached hydrogen (secondary N) is 1. The van der Waals surface area contributed by atoms with E-state index in [1.54, 1.807) is 6.08 Å². The van der Waals surface area contributed by atoms with Crippen LogP contribution in [0.25, 0.3) is 0 Å². The van der Waals surface area contributed by atoms with Gasteiger partial charge in [-0.05, 0) is 64.2 Å². The zero-order valence-corrected chi connectivity index (χ0v) is 61.2. The van der Waals surface area contributed by atoms with Crippen LogP contribution in [-0.4, -0.2) is 140 Å². The number of carbonyl (C=O) groups is 1. The molecule has 14 nitrogen and oxygen atoms in total. The molecule has 12 unspecified atom stereocenters. The molecule has 0 saturated carbocycles. The summed E-state index contributed by atoms with van der Waals surface area (Å²) in [7, 11) is 0. The number of rotatable bonds is 68. The Morgan fingerprint density at radius 1 is 0.379 bits per heavy atom. The van der Waals surface area contributed by atoms with Crippen molar-refractivity contribution >= 4 is 5.91 Å². The highest BCUT2D eigenvalue weighted by atomic mass is 16.7. The standard InChI is InChI=1S/C81H151NO13/c1-3-5-7-9-11-13-15-17-19-21-23-25-27-28-29-30-31-32-33-34-35-36-37-38-39-40-41-42-43-45-47-49-51-53-55-57-59-61-63-65-73(86)82-69(68-92-80-78(91)76(89)79(72(67-84)94-80)95-81-77(90)75(88)74(87)71(66-83)93-81)70(85)64-62-60-58-56-54-52-50-48-46-44-26-24-22-20-18-16-14-12-10-8-6-4-2/h15,17,21,23,54,56,62,64,69-72,74-81,83-85,87-91H,3-14,16,18-20,22,24-53,55,57-61,63,65-68H2,1-2H3,(H,82,86)/b17-15-,23-21-,56-54+,64-62+. The number of aliphatic hydroxyl groups is 8. The third kappa shape index (κ3) is 48.4. The molecule has 558 valence electrons. The summed E-state index contributed by atoms with van der Waals surface area (Å²) >= 11 is 0. The fraction of sp³-hybridized carbons (Fsp3) is 0.889. The van der Waals surface area contributed by atoms with Crippen LogP contribution in [0.3, 0.4) is 0 Å². The van der Waals surface area contributed by atoms with Gasteiger partial charge in [-0.2, -0.15) is 0 Å². The molecule has 2 aliphatic rings. The normalized spacial score (nSPS) is 22.5. The average Bonchev–Trinajstić information content (AvgIpc) is 0.801. The van der Waals surface area contributed by atoms with Crippen molar-refractivity contribution in [2.45, 2.75) is 441 Å². The van der Waals surface area contributed by atoms with Gasteiger partial charge < -0.3 is 65.1 Å². The predicted octanol–water partition coefficient (Wildman–Crippen LogP) is 18.2. The monoisotopic (exact) mass is 1350 g/mol. The molecule has 9 N–H and O–H groups in total. The van der Waals surface area contributed by atoms with E-state index < -0.39 is 86.8 Å². The van der Waals surface area contributed by atoms with E-state index in [4.69, 9.17) is 18.9 Å². The minimum absolute atomic E-state index is 0.242. The molecule has 14 heteroatoms. The van der Waals surface area contributed by atoms with Gasteiger partial charge in [0.1, 0.15) is 48.8 Å². The Kier molecular flexibility index (Phi) is 61.2. The maximum atomic E-state index is 13.4. The molecule has 2 fully saturated rings. The summed E-state index contributed by atoms with van der Waals surface area (Å²) in [6.07, 6.45) is 70.7. The number of hydrogen-bond donors (Lipinski definition) is 9. The number of aliphatic hydroxyl groups excluding tert-OH is 8. The molecule has 0 aromatic rings. The first-order valence-corrected chi connectivity index (χ1v) is 40.4. The summed E-state index contributed by atoms with van der Waals surface area (Å²) in [5.41, 5.74) is 0. The lowest BCUT2D eigenvalue weighted by atomic mass is 9.97. The molecule has 0 spiro atoms. The highest BCUT2D eigenvalue weighted by Gasteiger charge is 2.51. The summed E-state index contributed by atoms with van der Waals surface area (Å²) in [6.45, 7) is 2.83. The maximum Gasteiger partial charge on any atom is 0.220 e. The Morgan fingerprint density at radius 3 is 1.09 bits per heavy atom. The molecule has 0 radical (unpaired) electrons. The number of ether oxygens (including phenoxy) is 4. The molecule has 0 aliphatic carbocycles. The number of carbonyl (C=O) groups excluding carboxylic acids is 1. The van der Waals surface area contributed by atoms with Crippen LogP contribution in [0.4, 0.5) is 0 Å². The Balaban J connectivity index is 1.58. The number of unbranched alkanes of at least 4 members (excludes halogenated alkanes) is 49. The van der Waals surface area contributed by atoms with Crippen LogP contribution in [0, 0.1) is 0 Å². The number of hydrogen-bond acceptors (Lipinski definition) is 13. The molecule has 2 heterocycles. The summed E-state index contributed by atoms with van der Waals surface area (Å²) in [6, 6.07) is -0.932. The van der Waals surface area contributed by atoms with Crippen molar-refractivity contribution < 1.29 is 64.6 Å². The third-order valence-electron chi connectivity index (χ3n) is 19.7. The Morgan fingerprint density at radius 2 is 0.705 bits per heavy atom. The van der Waals surface area contributed by atoms with E-state index in [2.05, 4.69) is 55.6 Å².